The van der Waals surface area contributed by atoms with Crippen LogP contribution in [0, 0.1) is 0 Å². The van der Waals surface area contributed by atoms with Crippen molar-refractivity contribution in [3.63, 3.8) is 0 Å². The molecule has 1 atom stereocenters. The monoisotopic (exact) mass is 263 g/mol. The summed E-state index contributed by atoms with van der Waals surface area (Å²) >= 11 is 0. The molecular formula is C15H25N3O. The van der Waals surface area contributed by atoms with E-state index in [-0.39, 0.29) is 6.10 Å². The molecule has 0 aliphatic heterocycles. The Labute approximate surface area is 116 Å². The first kappa shape index (κ1) is 14.3. The van der Waals surface area contributed by atoms with E-state index >= 15 is 0 Å². The summed E-state index contributed by atoms with van der Waals surface area (Å²) in [5.41, 5.74) is 2.54. The summed E-state index contributed by atoms with van der Waals surface area (Å²) in [6.07, 6.45) is 8.00. The Morgan fingerprint density at radius 3 is 2.68 bits per heavy atom. The molecule has 1 aliphatic carbocycles. The highest BCUT2D eigenvalue weighted by Gasteiger charge is 2.20. The highest BCUT2D eigenvalue weighted by Crippen LogP contribution is 2.28. The Kier molecular flexibility index (Phi) is 5.14. The smallest absolute Gasteiger partial charge is 0.159 e. The van der Waals surface area contributed by atoms with Crippen LogP contribution in [0.4, 0.5) is 5.82 Å². The number of hydrogen-bond acceptors (Lipinski definition) is 4. The van der Waals surface area contributed by atoms with Gasteiger partial charge in [0.15, 0.2) is 5.82 Å². The van der Waals surface area contributed by atoms with Crippen LogP contribution in [0.15, 0.2) is 0 Å². The summed E-state index contributed by atoms with van der Waals surface area (Å²) in [5.74, 6) is 1.84. The topological polar surface area (TPSA) is 47.0 Å². The highest BCUT2D eigenvalue weighted by atomic mass is 16.5. The van der Waals surface area contributed by atoms with Gasteiger partial charge in [-0.2, -0.15) is 0 Å². The molecule has 4 nitrogen and oxygen atoms in total. The first-order valence-corrected chi connectivity index (χ1v) is 7.40. The van der Waals surface area contributed by atoms with Gasteiger partial charge in [0, 0.05) is 25.4 Å². The van der Waals surface area contributed by atoms with Gasteiger partial charge >= 0.3 is 0 Å². The Bertz CT molecular complexity index is 420. The van der Waals surface area contributed by atoms with Gasteiger partial charge in [-0.05, 0) is 32.1 Å². The van der Waals surface area contributed by atoms with E-state index in [4.69, 9.17) is 9.72 Å². The average Bonchev–Trinajstić information content (AvgIpc) is 2.68. The van der Waals surface area contributed by atoms with Crippen molar-refractivity contribution in [3.05, 3.63) is 17.1 Å². The summed E-state index contributed by atoms with van der Waals surface area (Å²) in [4.78, 5) is 9.48. The van der Waals surface area contributed by atoms with Crippen LogP contribution in [0.3, 0.4) is 0 Å². The Hall–Kier alpha value is -1.16. The number of fused-ring (bicyclic) bond motifs is 1. The van der Waals surface area contributed by atoms with Gasteiger partial charge in [0.2, 0.25) is 0 Å². The molecule has 0 fully saturated rings. The van der Waals surface area contributed by atoms with Crippen molar-refractivity contribution in [2.75, 3.05) is 19.5 Å². The number of nitrogens with zero attached hydrogens (tertiary/aromatic N) is 2. The Balaban J connectivity index is 2.38. The third-order valence-corrected chi connectivity index (χ3v) is 3.81. The lowest BCUT2D eigenvalue weighted by Crippen LogP contribution is -2.13. The molecule has 19 heavy (non-hydrogen) atoms. The Morgan fingerprint density at radius 1 is 1.21 bits per heavy atom. The minimum atomic E-state index is 0.0191. The lowest BCUT2D eigenvalue weighted by Gasteiger charge is -2.17. The van der Waals surface area contributed by atoms with Crippen LogP contribution in [-0.4, -0.2) is 24.1 Å². The average molecular weight is 263 g/mol. The maximum Gasteiger partial charge on any atom is 0.159 e. The second-order valence-corrected chi connectivity index (χ2v) is 5.18. The molecule has 0 saturated heterocycles. The molecule has 0 saturated carbocycles. The van der Waals surface area contributed by atoms with Crippen LogP contribution in [0.25, 0.3) is 0 Å². The summed E-state index contributed by atoms with van der Waals surface area (Å²) in [5, 5.41) is 3.24. The number of aromatic nitrogens is 2. The number of methoxy groups -OCH3 is 1. The molecule has 0 radical (unpaired) electrons. The van der Waals surface area contributed by atoms with Crippen LogP contribution in [-0.2, 0) is 17.6 Å². The largest absolute Gasteiger partial charge is 0.373 e. The van der Waals surface area contributed by atoms with Gasteiger partial charge < -0.3 is 10.1 Å². The fourth-order valence-electron chi connectivity index (χ4n) is 2.76. The number of hydrogen-bond donors (Lipinski definition) is 1. The number of rotatable bonds is 5. The molecule has 2 rings (SSSR count). The quantitative estimate of drug-likeness (QED) is 0.828. The van der Waals surface area contributed by atoms with Gasteiger partial charge in [-0.3, -0.25) is 0 Å². The van der Waals surface area contributed by atoms with Crippen LogP contribution in [0.2, 0.25) is 0 Å². The molecule has 1 aromatic heterocycles. The lowest BCUT2D eigenvalue weighted by molar-refractivity contribution is 0.0875. The number of ether oxygens (including phenoxy) is 1. The van der Waals surface area contributed by atoms with Crippen molar-refractivity contribution in [2.24, 2.45) is 0 Å². The van der Waals surface area contributed by atoms with E-state index in [0.717, 1.165) is 37.3 Å². The van der Waals surface area contributed by atoms with E-state index in [1.165, 1.54) is 30.5 Å². The van der Waals surface area contributed by atoms with Crippen molar-refractivity contribution < 1.29 is 4.74 Å². The molecule has 1 aliphatic rings. The summed E-state index contributed by atoms with van der Waals surface area (Å²) in [6.45, 7) is 2.16. The normalized spacial score (nSPS) is 16.6. The van der Waals surface area contributed by atoms with E-state index in [2.05, 4.69) is 17.2 Å². The molecule has 0 bridgehead atoms. The minimum absolute atomic E-state index is 0.0191. The fourth-order valence-corrected chi connectivity index (χ4v) is 2.76. The van der Waals surface area contributed by atoms with E-state index in [1.54, 1.807) is 7.11 Å². The molecule has 0 spiro atoms. The van der Waals surface area contributed by atoms with Crippen molar-refractivity contribution in [2.45, 2.75) is 58.0 Å². The second kappa shape index (κ2) is 6.85. The van der Waals surface area contributed by atoms with Gasteiger partial charge in [0.25, 0.3) is 0 Å². The van der Waals surface area contributed by atoms with Crippen LogP contribution in [0.1, 0.15) is 62.2 Å². The first-order chi connectivity index (χ1) is 9.30. The predicted molar refractivity (Wildman–Crippen MR) is 77.5 cm³/mol. The molecular weight excluding hydrogens is 238 g/mol. The molecule has 1 unspecified atom stereocenters. The van der Waals surface area contributed by atoms with Crippen LogP contribution < -0.4 is 5.32 Å². The van der Waals surface area contributed by atoms with Crippen molar-refractivity contribution in [1.82, 2.24) is 9.97 Å². The van der Waals surface area contributed by atoms with E-state index in [1.807, 2.05) is 7.05 Å². The molecule has 106 valence electrons. The maximum absolute atomic E-state index is 5.55. The van der Waals surface area contributed by atoms with E-state index in [0.29, 0.717) is 0 Å². The van der Waals surface area contributed by atoms with Crippen LogP contribution >= 0.6 is 0 Å². The summed E-state index contributed by atoms with van der Waals surface area (Å²) < 4.78 is 5.55. The first-order valence-electron chi connectivity index (χ1n) is 7.40. The standard InChI is InChI=1S/C15H25N3O/c1-4-8-13(19-3)15-17-12-10-7-5-6-9-11(12)14(16-2)18-15/h13H,4-10H2,1-3H3,(H,16,17,18). The van der Waals surface area contributed by atoms with Gasteiger partial charge in [0.1, 0.15) is 11.9 Å². The SMILES string of the molecule is CCCC(OC)c1nc2c(c(NC)n1)CCCCC2. The zero-order chi connectivity index (χ0) is 13.7. The number of anilines is 1. The lowest BCUT2D eigenvalue weighted by atomic mass is 10.1. The number of nitrogens with one attached hydrogen (secondary N) is 1. The molecule has 0 amide bonds. The van der Waals surface area contributed by atoms with Gasteiger partial charge in [-0.25, -0.2) is 9.97 Å². The highest BCUT2D eigenvalue weighted by molar-refractivity contribution is 5.47. The fraction of sp³-hybridized carbons (Fsp3) is 0.733. The molecule has 1 aromatic rings. The Morgan fingerprint density at radius 2 is 2.00 bits per heavy atom. The molecule has 0 aromatic carbocycles. The van der Waals surface area contributed by atoms with Crippen LogP contribution in [0.5, 0.6) is 0 Å². The zero-order valence-corrected chi connectivity index (χ0v) is 12.3. The third kappa shape index (κ3) is 3.24. The number of aryl methyl sites for hydroxylation is 1. The van der Waals surface area contributed by atoms with E-state index in [9.17, 15) is 0 Å². The molecule has 1 heterocycles. The van der Waals surface area contributed by atoms with Crippen molar-refractivity contribution in [3.8, 4) is 0 Å². The van der Waals surface area contributed by atoms with E-state index < -0.39 is 0 Å². The zero-order valence-electron chi connectivity index (χ0n) is 12.3. The predicted octanol–water partition coefficient (Wildman–Crippen LogP) is 3.27. The molecule has 4 heteroatoms. The van der Waals surface area contributed by atoms with Crippen molar-refractivity contribution >= 4 is 5.82 Å². The van der Waals surface area contributed by atoms with Crippen molar-refractivity contribution in [1.29, 1.82) is 0 Å². The van der Waals surface area contributed by atoms with Gasteiger partial charge in [-0.1, -0.05) is 19.8 Å². The third-order valence-electron chi connectivity index (χ3n) is 3.81. The summed E-state index contributed by atoms with van der Waals surface area (Å²) in [6, 6.07) is 0. The maximum atomic E-state index is 5.55. The minimum Gasteiger partial charge on any atom is -0.373 e. The summed E-state index contributed by atoms with van der Waals surface area (Å²) in [7, 11) is 3.69. The molecule has 1 N–H and O–H groups in total. The second-order valence-electron chi connectivity index (χ2n) is 5.18. The van der Waals surface area contributed by atoms with Gasteiger partial charge in [0.05, 0.1) is 0 Å². The van der Waals surface area contributed by atoms with Gasteiger partial charge in [-0.15, -0.1) is 0 Å².